The van der Waals surface area contributed by atoms with Gasteiger partial charge in [0, 0.05) is 24.1 Å². The van der Waals surface area contributed by atoms with E-state index >= 15 is 0 Å². The molecule has 1 saturated heterocycles. The molecule has 0 radical (unpaired) electrons. The Hall–Kier alpha value is -2.52. The third-order valence-electron chi connectivity index (χ3n) is 3.76. The number of hydrogen-bond donors (Lipinski definition) is 0. The zero-order valence-corrected chi connectivity index (χ0v) is 13.4. The largest absolute Gasteiger partial charge is 0.467 e. The first kappa shape index (κ1) is 17.8. The Morgan fingerprint density at radius 1 is 1.12 bits per heavy atom. The normalized spacial score (nSPS) is 26.0. The number of benzene rings is 1. The van der Waals surface area contributed by atoms with E-state index in [0.717, 1.165) is 14.2 Å². The minimum Gasteiger partial charge on any atom is -0.467 e. The summed E-state index contributed by atoms with van der Waals surface area (Å²) in [6.07, 6.45) is -2.33. The zero-order valence-electron chi connectivity index (χ0n) is 13.4. The van der Waals surface area contributed by atoms with E-state index in [9.17, 15) is 19.7 Å². The molecule has 0 spiro atoms. The second kappa shape index (κ2) is 6.93. The predicted octanol–water partition coefficient (Wildman–Crippen LogP) is 1.29. The first-order chi connectivity index (χ1) is 11.4. The number of nitro groups is 1. The second-order valence-electron chi connectivity index (χ2n) is 5.03. The number of nitrogens with zero attached hydrogens (tertiary/aromatic N) is 1. The maximum Gasteiger partial charge on any atom is 0.338 e. The van der Waals surface area contributed by atoms with Gasteiger partial charge in [-0.2, -0.15) is 0 Å². The first-order valence-electron chi connectivity index (χ1n) is 7.14. The maximum atomic E-state index is 11.9. The molecule has 9 heteroatoms. The number of esters is 2. The highest BCUT2D eigenvalue weighted by atomic mass is 16.8. The van der Waals surface area contributed by atoms with Gasteiger partial charge in [-0.25, -0.2) is 9.59 Å². The summed E-state index contributed by atoms with van der Waals surface area (Å²) >= 11 is 0. The molecule has 1 aromatic rings. The average molecular weight is 339 g/mol. The van der Waals surface area contributed by atoms with Crippen LogP contribution < -0.4 is 0 Å². The maximum absolute atomic E-state index is 11.9. The molecule has 0 bridgehead atoms. The number of ether oxygens (including phenoxy) is 4. The molecule has 1 aliphatic heterocycles. The number of methoxy groups -OCH3 is 2. The molecule has 1 aliphatic rings. The van der Waals surface area contributed by atoms with Gasteiger partial charge in [0.05, 0.1) is 19.1 Å². The van der Waals surface area contributed by atoms with Gasteiger partial charge < -0.3 is 18.9 Å². The van der Waals surface area contributed by atoms with E-state index in [1.807, 2.05) is 0 Å². The summed E-state index contributed by atoms with van der Waals surface area (Å²) in [7, 11) is 2.33. The van der Waals surface area contributed by atoms with Crippen LogP contribution in [-0.2, 0) is 34.3 Å². The lowest BCUT2D eigenvalue weighted by Gasteiger charge is -2.26. The summed E-state index contributed by atoms with van der Waals surface area (Å²) in [4.78, 5) is 34.0. The molecule has 1 aromatic carbocycles. The fourth-order valence-electron chi connectivity index (χ4n) is 2.48. The smallest absolute Gasteiger partial charge is 0.338 e. The van der Waals surface area contributed by atoms with Crippen molar-refractivity contribution in [1.29, 1.82) is 0 Å². The Morgan fingerprint density at radius 3 is 1.92 bits per heavy atom. The van der Waals surface area contributed by atoms with Crippen molar-refractivity contribution in [1.82, 2.24) is 0 Å². The van der Waals surface area contributed by atoms with Crippen molar-refractivity contribution >= 4 is 17.6 Å². The van der Waals surface area contributed by atoms with Gasteiger partial charge in [-0.05, 0) is 12.1 Å². The molecular weight excluding hydrogens is 322 g/mol. The molecule has 130 valence electrons. The van der Waals surface area contributed by atoms with Crippen molar-refractivity contribution < 1.29 is 33.5 Å². The Labute approximate surface area is 137 Å². The van der Waals surface area contributed by atoms with Crippen LogP contribution in [0, 0.1) is 10.1 Å². The Balaban J connectivity index is 2.39. The van der Waals surface area contributed by atoms with E-state index in [-0.39, 0.29) is 12.1 Å². The molecule has 1 fully saturated rings. The summed E-state index contributed by atoms with van der Waals surface area (Å²) < 4.78 is 20.7. The highest BCUT2D eigenvalue weighted by Gasteiger charge is 2.54. The number of rotatable bonds is 5. The lowest BCUT2D eigenvalue weighted by Crippen LogP contribution is -2.38. The van der Waals surface area contributed by atoms with Crippen LogP contribution in [-0.4, -0.2) is 43.3 Å². The van der Waals surface area contributed by atoms with E-state index in [2.05, 4.69) is 9.47 Å². The number of non-ortho nitro benzene ring substituents is 1. The third-order valence-corrected chi connectivity index (χ3v) is 3.76. The highest BCUT2D eigenvalue weighted by Crippen LogP contribution is 2.41. The van der Waals surface area contributed by atoms with E-state index in [1.165, 1.54) is 24.3 Å². The third kappa shape index (κ3) is 3.08. The van der Waals surface area contributed by atoms with Crippen LogP contribution in [0.1, 0.15) is 18.9 Å². The molecule has 0 amide bonds. The van der Waals surface area contributed by atoms with Gasteiger partial charge >= 0.3 is 11.9 Å². The fourth-order valence-corrected chi connectivity index (χ4v) is 2.48. The standard InChI is InChI=1S/C15H17NO8/c1-4-15(9-5-7-10(8-6-9)16(19)20)23-11(13(17)21-2)12(24-15)14(18)22-3/h5-8,11-12H,4H2,1-3H3. The van der Waals surface area contributed by atoms with E-state index < -0.39 is 34.9 Å². The number of nitro benzene ring substituents is 1. The Kier molecular flexibility index (Phi) is 5.15. The summed E-state index contributed by atoms with van der Waals surface area (Å²) in [5, 5.41) is 10.8. The molecule has 2 atom stereocenters. The molecule has 24 heavy (non-hydrogen) atoms. The Bertz CT molecular complexity index is 617. The van der Waals surface area contributed by atoms with Crippen molar-refractivity contribution in [2.24, 2.45) is 0 Å². The van der Waals surface area contributed by atoms with E-state index in [4.69, 9.17) is 9.47 Å². The van der Waals surface area contributed by atoms with E-state index in [0.29, 0.717) is 5.56 Å². The van der Waals surface area contributed by atoms with Crippen molar-refractivity contribution in [2.75, 3.05) is 14.2 Å². The van der Waals surface area contributed by atoms with Gasteiger partial charge in [0.1, 0.15) is 0 Å². The van der Waals surface area contributed by atoms with E-state index in [1.54, 1.807) is 6.92 Å². The quantitative estimate of drug-likeness (QED) is 0.448. The van der Waals surface area contributed by atoms with Gasteiger partial charge in [-0.3, -0.25) is 10.1 Å². The number of hydrogen-bond acceptors (Lipinski definition) is 8. The van der Waals surface area contributed by atoms with Crippen molar-refractivity contribution in [3.05, 3.63) is 39.9 Å². The summed E-state index contributed by atoms with van der Waals surface area (Å²) in [6, 6.07) is 5.49. The molecule has 0 N–H and O–H groups in total. The lowest BCUT2D eigenvalue weighted by atomic mass is 10.0. The minimum absolute atomic E-state index is 0.1000. The van der Waals surface area contributed by atoms with Gasteiger partial charge in [0.15, 0.2) is 18.0 Å². The molecule has 1 heterocycles. The van der Waals surface area contributed by atoms with Crippen LogP contribution in [0.25, 0.3) is 0 Å². The SMILES string of the molecule is CCC1(c2ccc([N+](=O)[O-])cc2)OC(C(=O)OC)C(C(=O)OC)O1. The number of carbonyl (C=O) groups is 2. The Morgan fingerprint density at radius 2 is 1.58 bits per heavy atom. The van der Waals surface area contributed by atoms with Gasteiger partial charge in [0.2, 0.25) is 0 Å². The predicted molar refractivity (Wildman–Crippen MR) is 78.8 cm³/mol. The van der Waals surface area contributed by atoms with Crippen molar-refractivity contribution in [2.45, 2.75) is 31.3 Å². The zero-order chi connectivity index (χ0) is 17.9. The second-order valence-corrected chi connectivity index (χ2v) is 5.03. The molecule has 0 aromatic heterocycles. The molecular formula is C15H17NO8. The monoisotopic (exact) mass is 339 g/mol. The van der Waals surface area contributed by atoms with Crippen LogP contribution in [0.15, 0.2) is 24.3 Å². The minimum atomic E-state index is -1.41. The molecule has 0 aliphatic carbocycles. The molecule has 2 rings (SSSR count). The molecule has 9 nitrogen and oxygen atoms in total. The fraction of sp³-hybridized carbons (Fsp3) is 0.467. The van der Waals surface area contributed by atoms with Crippen LogP contribution in [0.4, 0.5) is 5.69 Å². The lowest BCUT2D eigenvalue weighted by molar-refractivity contribution is -0.384. The van der Waals surface area contributed by atoms with Crippen molar-refractivity contribution in [3.8, 4) is 0 Å². The highest BCUT2D eigenvalue weighted by molar-refractivity contribution is 5.86. The summed E-state index contributed by atoms with van der Waals surface area (Å²) in [6.45, 7) is 1.73. The summed E-state index contributed by atoms with van der Waals surface area (Å²) in [5.74, 6) is -2.96. The van der Waals surface area contributed by atoms with Crippen LogP contribution in [0.5, 0.6) is 0 Å². The van der Waals surface area contributed by atoms with Crippen LogP contribution in [0.2, 0.25) is 0 Å². The van der Waals surface area contributed by atoms with Crippen LogP contribution >= 0.6 is 0 Å². The van der Waals surface area contributed by atoms with Gasteiger partial charge in [-0.15, -0.1) is 0 Å². The molecule has 2 unspecified atom stereocenters. The van der Waals surface area contributed by atoms with Crippen molar-refractivity contribution in [3.63, 3.8) is 0 Å². The van der Waals surface area contributed by atoms with Gasteiger partial charge in [0.25, 0.3) is 5.69 Å². The number of carbonyl (C=O) groups excluding carboxylic acids is 2. The van der Waals surface area contributed by atoms with Gasteiger partial charge in [-0.1, -0.05) is 6.92 Å². The first-order valence-corrected chi connectivity index (χ1v) is 7.14. The molecule has 0 saturated carbocycles. The topological polar surface area (TPSA) is 114 Å². The average Bonchev–Trinajstić information content (AvgIpc) is 3.01. The van der Waals surface area contributed by atoms with Crippen LogP contribution in [0.3, 0.4) is 0 Å². The summed E-state index contributed by atoms with van der Waals surface area (Å²) in [5.41, 5.74) is 0.341.